The fourth-order valence-corrected chi connectivity index (χ4v) is 2.41. The highest BCUT2D eigenvalue weighted by Gasteiger charge is 2.12. The van der Waals surface area contributed by atoms with Crippen molar-refractivity contribution >= 4 is 22.6 Å². The summed E-state index contributed by atoms with van der Waals surface area (Å²) in [6.45, 7) is 1.59. The van der Waals surface area contributed by atoms with Gasteiger partial charge in [-0.25, -0.2) is 9.37 Å². The molecule has 19 heavy (non-hydrogen) atoms. The Morgan fingerprint density at radius 2 is 2.16 bits per heavy atom. The van der Waals surface area contributed by atoms with Crippen LogP contribution in [0.15, 0.2) is 18.2 Å². The monoisotopic (exact) mass is 284 g/mol. The van der Waals surface area contributed by atoms with Crippen molar-refractivity contribution < 1.29 is 9.13 Å². The minimum absolute atomic E-state index is 0.290. The van der Waals surface area contributed by atoms with Crippen molar-refractivity contribution in [2.45, 2.75) is 31.7 Å². The summed E-state index contributed by atoms with van der Waals surface area (Å²) in [6.07, 6.45) is 3.12. The molecule has 1 aromatic carbocycles. The predicted molar refractivity (Wildman–Crippen MR) is 75.0 cm³/mol. The first-order chi connectivity index (χ1) is 9.27. The van der Waals surface area contributed by atoms with Crippen LogP contribution in [-0.2, 0) is 17.2 Å². The van der Waals surface area contributed by atoms with Gasteiger partial charge in [-0.2, -0.15) is 0 Å². The van der Waals surface area contributed by atoms with Crippen molar-refractivity contribution in [1.29, 1.82) is 0 Å². The number of nitrogens with zero attached hydrogens (tertiary/aromatic N) is 2. The van der Waals surface area contributed by atoms with Crippen molar-refractivity contribution in [2.75, 3.05) is 13.7 Å². The van der Waals surface area contributed by atoms with Crippen LogP contribution < -0.4 is 0 Å². The highest BCUT2D eigenvalue weighted by Crippen LogP contribution is 2.21. The molecule has 3 nitrogen and oxygen atoms in total. The molecule has 0 bridgehead atoms. The molecular weight excluding hydrogens is 267 g/mol. The Labute approximate surface area is 117 Å². The van der Waals surface area contributed by atoms with Gasteiger partial charge in [0.1, 0.15) is 11.3 Å². The molecule has 2 aromatic rings. The Bertz CT molecular complexity index is 541. The summed E-state index contributed by atoms with van der Waals surface area (Å²) in [4.78, 5) is 4.28. The minimum atomic E-state index is -0.290. The standard InChI is InChI=1S/C14H18ClFN2O/c1-19-9-4-2-3-8-18-12-7-5-6-11(16)14(12)17-13(18)10-15/h5-7H,2-4,8-10H2,1H3. The Hall–Kier alpha value is -1.13. The average molecular weight is 285 g/mol. The zero-order chi connectivity index (χ0) is 13.7. The van der Waals surface area contributed by atoms with E-state index in [1.54, 1.807) is 13.2 Å². The Morgan fingerprint density at radius 1 is 1.32 bits per heavy atom. The summed E-state index contributed by atoms with van der Waals surface area (Å²) < 4.78 is 20.7. The number of ether oxygens (including phenoxy) is 1. The molecule has 1 heterocycles. The molecule has 2 rings (SSSR count). The number of imidazole rings is 1. The first-order valence-corrected chi connectivity index (χ1v) is 7.00. The van der Waals surface area contributed by atoms with E-state index >= 15 is 0 Å². The molecule has 0 fully saturated rings. The average Bonchev–Trinajstić information content (AvgIpc) is 2.78. The molecule has 0 N–H and O–H groups in total. The van der Waals surface area contributed by atoms with Gasteiger partial charge in [0.25, 0.3) is 0 Å². The van der Waals surface area contributed by atoms with E-state index < -0.39 is 0 Å². The first-order valence-electron chi connectivity index (χ1n) is 6.46. The van der Waals surface area contributed by atoms with Crippen LogP contribution in [0, 0.1) is 5.82 Å². The van der Waals surface area contributed by atoms with Gasteiger partial charge in [0.2, 0.25) is 0 Å². The van der Waals surface area contributed by atoms with Crippen LogP contribution in [0.1, 0.15) is 25.1 Å². The van der Waals surface area contributed by atoms with Crippen molar-refractivity contribution in [2.24, 2.45) is 0 Å². The number of halogens is 2. The van der Waals surface area contributed by atoms with Gasteiger partial charge in [-0.15, -0.1) is 11.6 Å². The number of unbranched alkanes of at least 4 members (excludes halogenated alkanes) is 2. The van der Waals surface area contributed by atoms with Crippen LogP contribution in [0.5, 0.6) is 0 Å². The van der Waals surface area contributed by atoms with Gasteiger partial charge < -0.3 is 9.30 Å². The van der Waals surface area contributed by atoms with Gasteiger partial charge in [0, 0.05) is 20.3 Å². The summed E-state index contributed by atoms with van der Waals surface area (Å²) in [5.74, 6) is 0.738. The third kappa shape index (κ3) is 3.25. The lowest BCUT2D eigenvalue weighted by Crippen LogP contribution is -2.03. The summed E-state index contributed by atoms with van der Waals surface area (Å²) in [6, 6.07) is 5.02. The van der Waals surface area contributed by atoms with E-state index in [1.165, 1.54) is 6.07 Å². The highest BCUT2D eigenvalue weighted by atomic mass is 35.5. The van der Waals surface area contributed by atoms with Gasteiger partial charge >= 0.3 is 0 Å². The van der Waals surface area contributed by atoms with Gasteiger partial charge in [0.05, 0.1) is 11.4 Å². The molecular formula is C14H18ClFN2O. The molecule has 0 aliphatic heterocycles. The van der Waals surface area contributed by atoms with Crippen LogP contribution in [0.3, 0.4) is 0 Å². The number of fused-ring (bicyclic) bond motifs is 1. The number of hydrogen-bond acceptors (Lipinski definition) is 2. The van der Waals surface area contributed by atoms with Crippen LogP contribution in [0.25, 0.3) is 11.0 Å². The normalized spacial score (nSPS) is 11.3. The molecule has 0 radical (unpaired) electrons. The number of hydrogen-bond donors (Lipinski definition) is 0. The van der Waals surface area contributed by atoms with Crippen LogP contribution in [0.4, 0.5) is 4.39 Å². The zero-order valence-electron chi connectivity index (χ0n) is 11.0. The Kier molecular flexibility index (Phi) is 5.16. The van der Waals surface area contributed by atoms with Crippen molar-refractivity contribution in [3.63, 3.8) is 0 Å². The zero-order valence-corrected chi connectivity index (χ0v) is 11.8. The summed E-state index contributed by atoms with van der Waals surface area (Å²) >= 11 is 5.89. The molecule has 0 atom stereocenters. The topological polar surface area (TPSA) is 27.1 Å². The Morgan fingerprint density at radius 3 is 2.89 bits per heavy atom. The van der Waals surface area contributed by atoms with Crippen molar-refractivity contribution in [1.82, 2.24) is 9.55 Å². The van der Waals surface area contributed by atoms with Crippen LogP contribution in [-0.4, -0.2) is 23.3 Å². The summed E-state index contributed by atoms with van der Waals surface area (Å²) in [5.41, 5.74) is 1.23. The van der Waals surface area contributed by atoms with Gasteiger partial charge in [-0.3, -0.25) is 0 Å². The molecule has 0 aliphatic carbocycles. The second-order valence-corrected chi connectivity index (χ2v) is 4.74. The predicted octanol–water partition coefficient (Wildman–Crippen LogP) is 3.73. The molecule has 0 unspecified atom stereocenters. The van der Waals surface area contributed by atoms with E-state index in [-0.39, 0.29) is 5.82 Å². The fourth-order valence-electron chi connectivity index (χ4n) is 2.21. The fraction of sp³-hybridized carbons (Fsp3) is 0.500. The van der Waals surface area contributed by atoms with Crippen molar-refractivity contribution in [3.8, 4) is 0 Å². The maximum Gasteiger partial charge on any atom is 0.151 e. The third-order valence-corrected chi connectivity index (χ3v) is 3.40. The largest absolute Gasteiger partial charge is 0.385 e. The van der Waals surface area contributed by atoms with E-state index in [0.717, 1.165) is 43.8 Å². The molecule has 5 heteroatoms. The van der Waals surface area contributed by atoms with E-state index in [4.69, 9.17) is 16.3 Å². The number of para-hydroxylation sites is 1. The first kappa shape index (κ1) is 14.3. The van der Waals surface area contributed by atoms with E-state index in [9.17, 15) is 4.39 Å². The number of alkyl halides is 1. The van der Waals surface area contributed by atoms with Crippen LogP contribution >= 0.6 is 11.6 Å². The third-order valence-electron chi connectivity index (χ3n) is 3.16. The van der Waals surface area contributed by atoms with Crippen molar-refractivity contribution in [3.05, 3.63) is 29.8 Å². The molecule has 0 aliphatic rings. The Balaban J connectivity index is 2.14. The number of aromatic nitrogens is 2. The number of methoxy groups -OCH3 is 1. The number of benzene rings is 1. The molecule has 0 amide bonds. The SMILES string of the molecule is COCCCCCn1c(CCl)nc2c(F)cccc21. The smallest absolute Gasteiger partial charge is 0.151 e. The molecule has 0 saturated carbocycles. The maximum absolute atomic E-state index is 13.7. The van der Waals surface area contributed by atoms with E-state index in [2.05, 4.69) is 4.98 Å². The maximum atomic E-state index is 13.7. The molecule has 0 spiro atoms. The van der Waals surface area contributed by atoms with Gasteiger partial charge in [-0.1, -0.05) is 6.07 Å². The minimum Gasteiger partial charge on any atom is -0.385 e. The van der Waals surface area contributed by atoms with E-state index in [0.29, 0.717) is 11.4 Å². The molecule has 104 valence electrons. The molecule has 1 aromatic heterocycles. The highest BCUT2D eigenvalue weighted by molar-refractivity contribution is 6.16. The lowest BCUT2D eigenvalue weighted by molar-refractivity contribution is 0.191. The number of aryl methyl sites for hydroxylation is 1. The summed E-state index contributed by atoms with van der Waals surface area (Å²) in [5, 5.41) is 0. The van der Waals surface area contributed by atoms with Gasteiger partial charge in [0.15, 0.2) is 5.82 Å². The number of rotatable bonds is 7. The lowest BCUT2D eigenvalue weighted by atomic mass is 10.2. The second kappa shape index (κ2) is 6.87. The van der Waals surface area contributed by atoms with Crippen LogP contribution in [0.2, 0.25) is 0 Å². The lowest BCUT2D eigenvalue weighted by Gasteiger charge is -2.07. The molecule has 0 saturated heterocycles. The quantitative estimate of drug-likeness (QED) is 0.572. The van der Waals surface area contributed by atoms with E-state index in [1.807, 2.05) is 10.6 Å². The van der Waals surface area contributed by atoms with Gasteiger partial charge in [-0.05, 0) is 31.4 Å². The summed E-state index contributed by atoms with van der Waals surface area (Å²) in [7, 11) is 1.71. The second-order valence-electron chi connectivity index (χ2n) is 4.47.